The lowest BCUT2D eigenvalue weighted by atomic mass is 9.96. The van der Waals surface area contributed by atoms with Gasteiger partial charge >= 0.3 is 0 Å². The highest BCUT2D eigenvalue weighted by atomic mass is 32.1. The molecule has 0 bridgehead atoms. The van der Waals surface area contributed by atoms with Gasteiger partial charge in [0.15, 0.2) is 11.7 Å². The third-order valence-electron chi connectivity index (χ3n) is 5.98. The largest absolute Gasteiger partial charge is 0.507 e. The van der Waals surface area contributed by atoms with E-state index >= 15 is 0 Å². The Kier molecular flexibility index (Phi) is 23.8. The molecule has 1 aromatic rings. The quantitative estimate of drug-likeness (QED) is 0.0852. The van der Waals surface area contributed by atoms with Crippen LogP contribution >= 0.6 is 11.3 Å². The lowest BCUT2D eigenvalue weighted by molar-refractivity contribution is -0.125. The predicted octanol–water partition coefficient (Wildman–Crippen LogP) is 8.81. The van der Waals surface area contributed by atoms with Gasteiger partial charge in [-0.3, -0.25) is 9.59 Å². The van der Waals surface area contributed by atoms with Crippen molar-refractivity contribution in [3.8, 4) is 0 Å². The molecule has 6 nitrogen and oxygen atoms in total. The average Bonchev–Trinajstić information content (AvgIpc) is 3.43. The molecular formula is C32H53NO5S. The van der Waals surface area contributed by atoms with E-state index in [4.69, 9.17) is 9.47 Å². The van der Waals surface area contributed by atoms with Gasteiger partial charge in [-0.1, -0.05) is 61.0 Å². The maximum absolute atomic E-state index is 12.2. The second kappa shape index (κ2) is 24.3. The fraction of sp³-hybridized carbons (Fsp3) is 0.562. The Hall–Kier alpha value is -2.80. The van der Waals surface area contributed by atoms with Crippen LogP contribution in [-0.4, -0.2) is 24.5 Å². The zero-order chi connectivity index (χ0) is 30.2. The molecule has 1 heterocycles. The van der Waals surface area contributed by atoms with Gasteiger partial charge < -0.3 is 19.9 Å². The number of allylic oxidation sites excluding steroid dienone is 4. The zero-order valence-corrected chi connectivity index (χ0v) is 26.6. The van der Waals surface area contributed by atoms with Crippen molar-refractivity contribution in [1.82, 2.24) is 5.32 Å². The molecule has 222 valence electrons. The van der Waals surface area contributed by atoms with Crippen LogP contribution < -0.4 is 5.32 Å². The molecule has 0 saturated heterocycles. The number of aliphatic hydroxyl groups excluding tert-OH is 1. The Labute approximate surface area is 241 Å². The van der Waals surface area contributed by atoms with Crippen LogP contribution in [0.2, 0.25) is 0 Å². The van der Waals surface area contributed by atoms with Gasteiger partial charge in [-0.25, -0.2) is 0 Å². The number of methoxy groups -OCH3 is 1. The third kappa shape index (κ3) is 17.4. The Morgan fingerprint density at radius 1 is 1.15 bits per heavy atom. The second-order valence-corrected chi connectivity index (χ2v) is 10.2. The number of aryl methyl sites for hydroxylation is 2. The van der Waals surface area contributed by atoms with E-state index in [1.165, 1.54) is 43.7 Å². The van der Waals surface area contributed by atoms with Gasteiger partial charge in [0.2, 0.25) is 0 Å². The molecule has 2 unspecified atom stereocenters. The van der Waals surface area contributed by atoms with Crippen LogP contribution in [0.1, 0.15) is 97.2 Å². The number of aliphatic hydroxyl groups is 1. The number of unbranched alkanes of at least 4 members (excludes halogenated alkanes) is 1. The van der Waals surface area contributed by atoms with Gasteiger partial charge in [-0.2, -0.15) is 0 Å². The number of carbonyl (C=O) groups excluding carboxylic acids is 2. The van der Waals surface area contributed by atoms with Crippen LogP contribution in [0, 0.1) is 11.8 Å². The molecule has 0 aliphatic heterocycles. The van der Waals surface area contributed by atoms with Crippen LogP contribution in [-0.2, 0) is 31.9 Å². The van der Waals surface area contributed by atoms with E-state index in [0.29, 0.717) is 37.4 Å². The second-order valence-electron chi connectivity index (χ2n) is 8.92. The molecule has 1 rings (SSSR count). The van der Waals surface area contributed by atoms with Gasteiger partial charge in [0.1, 0.15) is 11.5 Å². The van der Waals surface area contributed by atoms with Crippen molar-refractivity contribution in [3.05, 3.63) is 69.8 Å². The maximum atomic E-state index is 12.2. The van der Waals surface area contributed by atoms with E-state index in [2.05, 4.69) is 37.9 Å². The minimum Gasteiger partial charge on any atom is -0.507 e. The Bertz CT molecular complexity index is 913. The summed E-state index contributed by atoms with van der Waals surface area (Å²) in [6.45, 7) is 19.6. The first-order chi connectivity index (χ1) is 18.6. The van der Waals surface area contributed by atoms with Crippen LogP contribution in [0.3, 0.4) is 0 Å². The summed E-state index contributed by atoms with van der Waals surface area (Å²) in [7, 11) is 1.52. The zero-order valence-electron chi connectivity index (χ0n) is 25.8. The van der Waals surface area contributed by atoms with E-state index < -0.39 is 0 Å². The van der Waals surface area contributed by atoms with Gasteiger partial charge in [0.25, 0.3) is 6.47 Å². The van der Waals surface area contributed by atoms with Crippen molar-refractivity contribution in [1.29, 1.82) is 0 Å². The van der Waals surface area contributed by atoms with Crippen molar-refractivity contribution in [2.24, 2.45) is 11.8 Å². The van der Waals surface area contributed by atoms with Gasteiger partial charge in [0, 0.05) is 33.2 Å². The standard InChI is InChI=1S/C20H31NO5.C10H16S.C2H6/c1-7-14(2)20(24)16(4)18(23)12-19(26-13-22)15(3)10-8-9-11-21-17(5)25-6;1-3-5-6-10-8-7-9(4-2)11-10;1-2/h9,11-15,21,23H,5,7-8,10H2,1-4,6H3;7-8H,3-6H2,1-2H3;1-2H3/b11-9+,18-16-,19-12-;;. The monoisotopic (exact) mass is 563 g/mol. The van der Waals surface area contributed by atoms with Crippen molar-refractivity contribution in [2.75, 3.05) is 7.11 Å². The number of thiophene rings is 1. The number of hydrogen-bond acceptors (Lipinski definition) is 7. The summed E-state index contributed by atoms with van der Waals surface area (Å²) in [5, 5.41) is 13.1. The molecule has 0 aliphatic rings. The summed E-state index contributed by atoms with van der Waals surface area (Å²) in [6, 6.07) is 4.54. The SMILES string of the molecule is C=C(N/C=C/CCC(C)/C(=C/C(O)=C(\C)C(=O)C(C)CC)OC=O)OC.CC.CCCCc1ccc(CC)s1. The number of hydrogen-bond donors (Lipinski definition) is 2. The molecular weight excluding hydrogens is 510 g/mol. The van der Waals surface area contributed by atoms with Crippen molar-refractivity contribution >= 4 is 23.6 Å². The summed E-state index contributed by atoms with van der Waals surface area (Å²) in [6.07, 6.45) is 12.2. The van der Waals surface area contributed by atoms with Crippen molar-refractivity contribution < 1.29 is 24.2 Å². The molecule has 0 aliphatic carbocycles. The van der Waals surface area contributed by atoms with Gasteiger partial charge in [0.05, 0.1) is 7.11 Å². The maximum Gasteiger partial charge on any atom is 0.298 e. The third-order valence-corrected chi connectivity index (χ3v) is 7.27. The van der Waals surface area contributed by atoms with Crippen molar-refractivity contribution in [3.63, 3.8) is 0 Å². The Balaban J connectivity index is 0. The molecule has 0 amide bonds. The van der Waals surface area contributed by atoms with Crippen molar-refractivity contribution in [2.45, 2.75) is 100 Å². The van der Waals surface area contributed by atoms with E-state index in [0.717, 1.165) is 0 Å². The highest BCUT2D eigenvalue weighted by Crippen LogP contribution is 2.21. The van der Waals surface area contributed by atoms with Crippen LogP contribution in [0.15, 0.2) is 60.0 Å². The van der Waals surface area contributed by atoms with E-state index in [1.807, 2.05) is 52.0 Å². The fourth-order valence-electron chi connectivity index (χ4n) is 3.15. The highest BCUT2D eigenvalue weighted by molar-refractivity contribution is 7.11. The smallest absolute Gasteiger partial charge is 0.298 e. The molecule has 39 heavy (non-hydrogen) atoms. The van der Waals surface area contributed by atoms with Gasteiger partial charge in [-0.05, 0) is 70.4 Å². The molecule has 1 aromatic heterocycles. The molecule has 0 aromatic carbocycles. The van der Waals surface area contributed by atoms with Gasteiger partial charge in [-0.15, -0.1) is 11.3 Å². The van der Waals surface area contributed by atoms with E-state index in [1.54, 1.807) is 18.0 Å². The minimum absolute atomic E-state index is 0.119. The lowest BCUT2D eigenvalue weighted by Crippen LogP contribution is -2.13. The lowest BCUT2D eigenvalue weighted by Gasteiger charge is -2.14. The molecule has 2 N–H and O–H groups in total. The fourth-order valence-corrected chi connectivity index (χ4v) is 4.15. The number of nitrogens with one attached hydrogen (secondary N) is 1. The number of Topliss-reactive ketones (excluding diaryl/α,β-unsaturated/α-hetero) is 1. The van der Waals surface area contributed by atoms with Crippen LogP contribution in [0.25, 0.3) is 0 Å². The number of ether oxygens (including phenoxy) is 2. The molecule has 0 fully saturated rings. The van der Waals surface area contributed by atoms with Crippen LogP contribution in [0.5, 0.6) is 0 Å². The summed E-state index contributed by atoms with van der Waals surface area (Å²) in [5.74, 6) is 0.175. The summed E-state index contributed by atoms with van der Waals surface area (Å²) in [5.41, 5.74) is 0.265. The molecule has 7 heteroatoms. The van der Waals surface area contributed by atoms with Crippen LogP contribution in [0.4, 0.5) is 0 Å². The van der Waals surface area contributed by atoms with E-state index in [9.17, 15) is 14.7 Å². The highest BCUT2D eigenvalue weighted by Gasteiger charge is 2.17. The minimum atomic E-state index is -0.174. The number of carbonyl (C=O) groups is 2. The predicted molar refractivity (Wildman–Crippen MR) is 166 cm³/mol. The molecule has 0 saturated carbocycles. The first kappa shape index (κ1) is 38.3. The normalized spacial score (nSPS) is 13.1. The topological polar surface area (TPSA) is 84.9 Å². The Morgan fingerprint density at radius 3 is 2.31 bits per heavy atom. The average molecular weight is 564 g/mol. The molecule has 2 atom stereocenters. The summed E-state index contributed by atoms with van der Waals surface area (Å²) >= 11 is 1.97. The summed E-state index contributed by atoms with van der Waals surface area (Å²) in [4.78, 5) is 26.0. The Morgan fingerprint density at radius 2 is 1.79 bits per heavy atom. The first-order valence-corrected chi connectivity index (χ1v) is 14.9. The summed E-state index contributed by atoms with van der Waals surface area (Å²) < 4.78 is 9.88. The first-order valence-electron chi connectivity index (χ1n) is 14.1. The van der Waals surface area contributed by atoms with E-state index in [-0.39, 0.29) is 29.0 Å². The number of rotatable bonds is 17. The number of ketones is 1. The molecule has 0 spiro atoms. The molecule has 0 radical (unpaired) electrons.